The molecule has 0 saturated heterocycles. The smallest absolute Gasteiger partial charge is 0.340 e. The molecular weight excluding hydrogens is 419 g/mol. The number of amides is 1. The first-order valence-corrected chi connectivity index (χ1v) is 8.67. The molecule has 7 nitrogen and oxygen atoms in total. The van der Waals surface area contributed by atoms with E-state index in [2.05, 4.69) is 5.32 Å². The molecule has 27 heavy (non-hydrogen) atoms. The Labute approximate surface area is 169 Å². The van der Waals surface area contributed by atoms with Gasteiger partial charge in [0.15, 0.2) is 6.61 Å². The van der Waals surface area contributed by atoms with Gasteiger partial charge in [0.25, 0.3) is 11.6 Å². The zero-order chi connectivity index (χ0) is 20.1. The summed E-state index contributed by atoms with van der Waals surface area (Å²) in [5, 5.41) is 14.0. The molecule has 2 aromatic carbocycles. The molecular formula is C17H13Cl3N2O5. The van der Waals surface area contributed by atoms with Crippen LogP contribution in [0.4, 0.5) is 5.69 Å². The summed E-state index contributed by atoms with van der Waals surface area (Å²) in [6, 6.07) is 7.74. The van der Waals surface area contributed by atoms with E-state index in [1.54, 1.807) is 25.1 Å². The fraction of sp³-hybridized carbons (Fsp3) is 0.176. The zero-order valence-electron chi connectivity index (χ0n) is 13.9. The van der Waals surface area contributed by atoms with E-state index in [4.69, 9.17) is 39.5 Å². The number of carbonyl (C=O) groups is 2. The fourth-order valence-corrected chi connectivity index (χ4v) is 3.03. The van der Waals surface area contributed by atoms with Gasteiger partial charge in [-0.2, -0.15) is 0 Å². The van der Waals surface area contributed by atoms with E-state index in [1.807, 2.05) is 0 Å². The molecule has 0 bridgehead atoms. The molecule has 1 N–H and O–H groups in total. The molecule has 0 radical (unpaired) electrons. The largest absolute Gasteiger partial charge is 0.452 e. The lowest BCUT2D eigenvalue weighted by molar-refractivity contribution is -0.384. The van der Waals surface area contributed by atoms with Crippen molar-refractivity contribution in [2.75, 3.05) is 6.61 Å². The van der Waals surface area contributed by atoms with Crippen LogP contribution in [-0.2, 0) is 9.53 Å². The van der Waals surface area contributed by atoms with E-state index in [1.165, 1.54) is 0 Å². The van der Waals surface area contributed by atoms with Gasteiger partial charge in [0.2, 0.25) is 0 Å². The Balaban J connectivity index is 1.95. The number of non-ortho nitro benzene ring substituents is 1. The lowest BCUT2D eigenvalue weighted by Crippen LogP contribution is -2.31. The summed E-state index contributed by atoms with van der Waals surface area (Å²) >= 11 is 17.8. The van der Waals surface area contributed by atoms with Crippen LogP contribution in [0.1, 0.15) is 28.9 Å². The normalized spacial score (nSPS) is 11.6. The van der Waals surface area contributed by atoms with Crippen LogP contribution < -0.4 is 5.32 Å². The van der Waals surface area contributed by atoms with Crippen molar-refractivity contribution in [3.63, 3.8) is 0 Å². The Morgan fingerprint density at radius 3 is 2.44 bits per heavy atom. The molecule has 1 atom stereocenters. The average molecular weight is 432 g/mol. The monoisotopic (exact) mass is 430 g/mol. The number of hydrogen-bond donors (Lipinski definition) is 1. The average Bonchev–Trinajstić information content (AvgIpc) is 2.59. The van der Waals surface area contributed by atoms with Gasteiger partial charge in [-0.25, -0.2) is 4.79 Å². The molecule has 10 heteroatoms. The number of ether oxygens (including phenoxy) is 1. The molecule has 0 aliphatic heterocycles. The number of nitro groups is 1. The lowest BCUT2D eigenvalue weighted by atomic mass is 10.1. The number of rotatable bonds is 6. The molecule has 0 aliphatic carbocycles. The van der Waals surface area contributed by atoms with Crippen LogP contribution in [0.5, 0.6) is 0 Å². The second-order valence-corrected chi connectivity index (χ2v) is 6.70. The standard InChI is InChI=1S/C17H13Cl3N2O5/c1-9(12-4-2-10(18)6-14(12)19)21-16(23)8-27-17(24)13-5-3-11(22(25)26)7-15(13)20/h2-7,9H,8H2,1H3,(H,21,23)/t9-/m0/s1. The van der Waals surface area contributed by atoms with E-state index >= 15 is 0 Å². The maximum Gasteiger partial charge on any atom is 0.340 e. The highest BCUT2D eigenvalue weighted by Gasteiger charge is 2.18. The molecule has 0 spiro atoms. The van der Waals surface area contributed by atoms with Gasteiger partial charge in [-0.05, 0) is 30.7 Å². The van der Waals surface area contributed by atoms with E-state index < -0.39 is 29.4 Å². The molecule has 0 unspecified atom stereocenters. The minimum Gasteiger partial charge on any atom is -0.452 e. The molecule has 142 valence electrons. The van der Waals surface area contributed by atoms with Gasteiger partial charge >= 0.3 is 5.97 Å². The van der Waals surface area contributed by atoms with Crippen molar-refractivity contribution >= 4 is 52.4 Å². The summed E-state index contributed by atoms with van der Waals surface area (Å²) in [6.07, 6.45) is 0. The number of benzene rings is 2. The number of esters is 1. The van der Waals surface area contributed by atoms with Crippen molar-refractivity contribution in [1.29, 1.82) is 0 Å². The van der Waals surface area contributed by atoms with Gasteiger partial charge in [0.05, 0.1) is 21.6 Å². The molecule has 2 aromatic rings. The van der Waals surface area contributed by atoms with Crippen molar-refractivity contribution in [3.8, 4) is 0 Å². The number of nitrogens with zero attached hydrogens (tertiary/aromatic N) is 1. The first kappa shape index (κ1) is 21.0. The van der Waals surface area contributed by atoms with E-state index in [9.17, 15) is 19.7 Å². The minimum atomic E-state index is -0.873. The van der Waals surface area contributed by atoms with Crippen LogP contribution in [0, 0.1) is 10.1 Å². The highest BCUT2D eigenvalue weighted by Crippen LogP contribution is 2.26. The van der Waals surface area contributed by atoms with Crippen molar-refractivity contribution in [2.45, 2.75) is 13.0 Å². The van der Waals surface area contributed by atoms with Crippen LogP contribution in [0.2, 0.25) is 15.1 Å². The van der Waals surface area contributed by atoms with Crippen LogP contribution in [0.3, 0.4) is 0 Å². The molecule has 2 rings (SSSR count). The summed E-state index contributed by atoms with van der Waals surface area (Å²) in [5.41, 5.74) is 0.311. The molecule has 0 fully saturated rings. The summed E-state index contributed by atoms with van der Waals surface area (Å²) in [4.78, 5) is 34.0. The van der Waals surface area contributed by atoms with Gasteiger partial charge in [0, 0.05) is 22.2 Å². The second kappa shape index (κ2) is 9.03. The predicted octanol–water partition coefficient (Wildman–Crippen LogP) is 4.59. The molecule has 0 aromatic heterocycles. The van der Waals surface area contributed by atoms with Crippen LogP contribution >= 0.6 is 34.8 Å². The van der Waals surface area contributed by atoms with Gasteiger partial charge in [0.1, 0.15) is 0 Å². The Morgan fingerprint density at radius 2 is 1.85 bits per heavy atom. The Kier molecular flexibility index (Phi) is 7.01. The van der Waals surface area contributed by atoms with Crippen LogP contribution in [-0.4, -0.2) is 23.4 Å². The number of nitro benzene ring substituents is 1. The highest BCUT2D eigenvalue weighted by molar-refractivity contribution is 6.35. The Hall–Kier alpha value is -2.35. The first-order chi connectivity index (χ1) is 12.7. The third-order valence-electron chi connectivity index (χ3n) is 3.52. The number of carbonyl (C=O) groups excluding carboxylic acids is 2. The third-order valence-corrected chi connectivity index (χ3v) is 4.40. The van der Waals surface area contributed by atoms with Crippen molar-refractivity contribution in [1.82, 2.24) is 5.32 Å². The highest BCUT2D eigenvalue weighted by atomic mass is 35.5. The van der Waals surface area contributed by atoms with Crippen molar-refractivity contribution in [2.24, 2.45) is 0 Å². The predicted molar refractivity (Wildman–Crippen MR) is 101 cm³/mol. The molecule has 0 aliphatic rings. The number of halogens is 3. The summed E-state index contributed by atoms with van der Waals surface area (Å²) in [6.45, 7) is 1.16. The van der Waals surface area contributed by atoms with Gasteiger partial charge < -0.3 is 10.1 Å². The Morgan fingerprint density at radius 1 is 1.15 bits per heavy atom. The molecule has 0 saturated carbocycles. The minimum absolute atomic E-state index is 0.0798. The van der Waals surface area contributed by atoms with Gasteiger partial charge in [-0.3, -0.25) is 14.9 Å². The second-order valence-electron chi connectivity index (χ2n) is 5.45. The van der Waals surface area contributed by atoms with Crippen LogP contribution in [0.25, 0.3) is 0 Å². The number of hydrogen-bond acceptors (Lipinski definition) is 5. The topological polar surface area (TPSA) is 98.5 Å². The third kappa shape index (κ3) is 5.56. The van der Waals surface area contributed by atoms with E-state index in [0.29, 0.717) is 15.6 Å². The lowest BCUT2D eigenvalue weighted by Gasteiger charge is -2.16. The van der Waals surface area contributed by atoms with Crippen molar-refractivity contribution in [3.05, 3.63) is 72.7 Å². The summed E-state index contributed by atoms with van der Waals surface area (Å²) in [7, 11) is 0. The Bertz CT molecular complexity index is 904. The van der Waals surface area contributed by atoms with Gasteiger partial charge in [-0.1, -0.05) is 40.9 Å². The fourth-order valence-electron chi connectivity index (χ4n) is 2.21. The maximum atomic E-state index is 12.0. The molecule has 1 amide bonds. The first-order valence-electron chi connectivity index (χ1n) is 7.54. The van der Waals surface area contributed by atoms with Gasteiger partial charge in [-0.15, -0.1) is 0 Å². The van der Waals surface area contributed by atoms with E-state index in [-0.39, 0.29) is 16.3 Å². The summed E-state index contributed by atoms with van der Waals surface area (Å²) in [5.74, 6) is -1.43. The van der Waals surface area contributed by atoms with E-state index in [0.717, 1.165) is 18.2 Å². The summed E-state index contributed by atoms with van der Waals surface area (Å²) < 4.78 is 4.90. The molecule has 0 heterocycles. The zero-order valence-corrected chi connectivity index (χ0v) is 16.1. The quantitative estimate of drug-likeness (QED) is 0.410. The SMILES string of the molecule is C[C@H](NC(=O)COC(=O)c1ccc([N+](=O)[O-])cc1Cl)c1ccc(Cl)cc1Cl. The number of nitrogens with one attached hydrogen (secondary N) is 1. The maximum absolute atomic E-state index is 12.0. The van der Waals surface area contributed by atoms with Crippen molar-refractivity contribution < 1.29 is 19.2 Å². The van der Waals surface area contributed by atoms with Crippen LogP contribution in [0.15, 0.2) is 36.4 Å².